The van der Waals surface area contributed by atoms with Gasteiger partial charge in [-0.05, 0) is 47.2 Å². The smallest absolute Gasteiger partial charge is 0.244 e. The highest BCUT2D eigenvalue weighted by atomic mass is 79.9. The molecule has 2 nitrogen and oxygen atoms in total. The summed E-state index contributed by atoms with van der Waals surface area (Å²) in [5, 5.41) is 0.714. The number of benzene rings is 2. The van der Waals surface area contributed by atoms with Crippen LogP contribution in [0.25, 0.3) is 6.08 Å². The lowest BCUT2D eigenvalue weighted by Gasteiger charge is -2.02. The van der Waals surface area contributed by atoms with Crippen LogP contribution in [-0.2, 0) is 10.5 Å². The molecule has 1 heterocycles. The highest BCUT2D eigenvalue weighted by molar-refractivity contribution is 9.10. The second-order valence-electron chi connectivity index (χ2n) is 4.73. The van der Waals surface area contributed by atoms with Crippen molar-refractivity contribution in [2.75, 3.05) is 0 Å². The van der Waals surface area contributed by atoms with E-state index in [9.17, 15) is 4.79 Å². The molecule has 23 heavy (non-hydrogen) atoms. The van der Waals surface area contributed by atoms with Gasteiger partial charge in [-0.25, -0.2) is 4.99 Å². The van der Waals surface area contributed by atoms with Crippen LogP contribution in [0.1, 0.15) is 11.1 Å². The van der Waals surface area contributed by atoms with Crippen molar-refractivity contribution < 1.29 is 4.79 Å². The highest BCUT2D eigenvalue weighted by Crippen LogP contribution is 2.33. The third-order valence-corrected chi connectivity index (χ3v) is 5.98. The molecule has 0 atom stereocenters. The summed E-state index contributed by atoms with van der Waals surface area (Å²) in [5.74, 6) is 0.697. The Morgan fingerprint density at radius 3 is 2.83 bits per heavy atom. The van der Waals surface area contributed by atoms with Gasteiger partial charge in [0.2, 0.25) is 5.12 Å². The molecule has 116 valence electrons. The number of thioether (sulfide) groups is 2. The fourth-order valence-corrected chi connectivity index (χ4v) is 4.50. The van der Waals surface area contributed by atoms with Crippen LogP contribution in [-0.4, -0.2) is 9.49 Å². The maximum atomic E-state index is 12.1. The van der Waals surface area contributed by atoms with Gasteiger partial charge >= 0.3 is 0 Å². The Hall–Kier alpha value is -1.01. The summed E-state index contributed by atoms with van der Waals surface area (Å²) in [7, 11) is 0. The molecule has 0 radical (unpaired) electrons. The van der Waals surface area contributed by atoms with Crippen molar-refractivity contribution in [2.24, 2.45) is 4.99 Å². The Kier molecular flexibility index (Phi) is 5.64. The molecule has 0 fully saturated rings. The first-order chi connectivity index (χ1) is 11.1. The number of hydrogen-bond donors (Lipinski definition) is 0. The maximum absolute atomic E-state index is 12.1. The molecule has 6 heteroatoms. The summed E-state index contributed by atoms with van der Waals surface area (Å²) in [6, 6.07) is 15.5. The van der Waals surface area contributed by atoms with E-state index >= 15 is 0 Å². The van der Waals surface area contributed by atoms with E-state index in [1.807, 2.05) is 54.6 Å². The average molecular weight is 425 g/mol. The van der Waals surface area contributed by atoms with Gasteiger partial charge in [0.05, 0.1) is 0 Å². The topological polar surface area (TPSA) is 29.4 Å². The van der Waals surface area contributed by atoms with Crippen molar-refractivity contribution in [3.63, 3.8) is 0 Å². The van der Waals surface area contributed by atoms with E-state index in [1.165, 1.54) is 23.5 Å². The van der Waals surface area contributed by atoms with Crippen LogP contribution in [0, 0.1) is 0 Å². The van der Waals surface area contributed by atoms with Crippen molar-refractivity contribution in [1.82, 2.24) is 0 Å². The van der Waals surface area contributed by atoms with E-state index in [1.54, 1.807) is 0 Å². The highest BCUT2D eigenvalue weighted by Gasteiger charge is 2.22. The zero-order valence-electron chi connectivity index (χ0n) is 11.8. The largest absolute Gasteiger partial charge is 0.279 e. The van der Waals surface area contributed by atoms with Crippen LogP contribution in [0.4, 0.5) is 0 Å². The predicted octanol–water partition coefficient (Wildman–Crippen LogP) is 6.01. The van der Waals surface area contributed by atoms with Gasteiger partial charge in [-0.3, -0.25) is 4.79 Å². The lowest BCUT2D eigenvalue weighted by Crippen LogP contribution is -1.88. The molecule has 0 saturated heterocycles. The van der Waals surface area contributed by atoms with E-state index in [0.29, 0.717) is 11.4 Å². The Labute approximate surface area is 156 Å². The SMILES string of the molecule is O=C1SC(SCc2ccccc2Cl)=NC1=Cc1cccc(Br)c1. The van der Waals surface area contributed by atoms with Crippen LogP contribution in [0.3, 0.4) is 0 Å². The quantitative estimate of drug-likeness (QED) is 0.565. The van der Waals surface area contributed by atoms with Crippen molar-refractivity contribution >= 4 is 66.6 Å². The van der Waals surface area contributed by atoms with E-state index < -0.39 is 0 Å². The molecule has 0 aliphatic carbocycles. The number of rotatable bonds is 3. The number of carbonyl (C=O) groups is 1. The fourth-order valence-electron chi connectivity index (χ4n) is 1.96. The molecule has 3 rings (SSSR count). The van der Waals surface area contributed by atoms with E-state index in [2.05, 4.69) is 20.9 Å². The zero-order valence-corrected chi connectivity index (χ0v) is 15.8. The molecule has 0 bridgehead atoms. The summed E-state index contributed by atoms with van der Waals surface area (Å²) in [6.45, 7) is 0. The van der Waals surface area contributed by atoms with E-state index in [-0.39, 0.29) is 5.12 Å². The minimum absolute atomic E-state index is 0.0216. The first kappa shape index (κ1) is 16.8. The molecule has 2 aromatic rings. The fraction of sp³-hybridized carbons (Fsp3) is 0.0588. The van der Waals surface area contributed by atoms with Crippen LogP contribution in [0.2, 0.25) is 5.02 Å². The predicted molar refractivity (Wildman–Crippen MR) is 105 cm³/mol. The summed E-state index contributed by atoms with van der Waals surface area (Å²) in [5.41, 5.74) is 2.47. The molecule has 2 aromatic carbocycles. The lowest BCUT2D eigenvalue weighted by atomic mass is 10.2. The summed E-state index contributed by atoms with van der Waals surface area (Å²) in [6.07, 6.45) is 1.81. The molecule has 0 N–H and O–H groups in total. The Balaban J connectivity index is 1.73. The number of hydrogen-bond acceptors (Lipinski definition) is 4. The molecule has 0 unspecified atom stereocenters. The van der Waals surface area contributed by atoms with Crippen LogP contribution in [0.5, 0.6) is 0 Å². The summed E-state index contributed by atoms with van der Waals surface area (Å²) < 4.78 is 1.73. The first-order valence-electron chi connectivity index (χ1n) is 6.76. The molecule has 1 aliphatic heterocycles. The first-order valence-corrected chi connectivity index (χ1v) is 9.73. The standard InChI is InChI=1S/C17H11BrClNOS2/c18-13-6-3-4-11(8-13)9-15-16(21)23-17(20-15)22-10-12-5-1-2-7-14(12)19/h1-9H,10H2. The number of carbonyl (C=O) groups excluding carboxylic acids is 1. The number of nitrogens with zero attached hydrogens (tertiary/aromatic N) is 1. The molecular formula is C17H11BrClNOS2. The molecule has 0 amide bonds. The monoisotopic (exact) mass is 423 g/mol. The number of aliphatic imine (C=N–C) groups is 1. The lowest BCUT2D eigenvalue weighted by molar-refractivity contribution is -0.107. The van der Waals surface area contributed by atoms with Gasteiger partial charge in [-0.2, -0.15) is 0 Å². The summed E-state index contributed by atoms with van der Waals surface area (Å²) >= 11 is 12.3. The molecular weight excluding hydrogens is 414 g/mol. The van der Waals surface area contributed by atoms with Gasteiger partial charge in [0.15, 0.2) is 0 Å². The van der Waals surface area contributed by atoms with Gasteiger partial charge < -0.3 is 0 Å². The van der Waals surface area contributed by atoms with Crippen LogP contribution >= 0.6 is 51.1 Å². The second-order valence-corrected chi connectivity index (χ2v) is 8.24. The Morgan fingerprint density at radius 2 is 2.04 bits per heavy atom. The third kappa shape index (κ3) is 4.51. The van der Waals surface area contributed by atoms with E-state index in [4.69, 9.17) is 11.6 Å². The van der Waals surface area contributed by atoms with Gasteiger partial charge in [0.1, 0.15) is 10.1 Å². The second kappa shape index (κ2) is 7.71. The minimum Gasteiger partial charge on any atom is -0.279 e. The van der Waals surface area contributed by atoms with Crippen LogP contribution < -0.4 is 0 Å². The van der Waals surface area contributed by atoms with Gasteiger partial charge in [-0.15, -0.1) is 0 Å². The average Bonchev–Trinajstić information content (AvgIpc) is 2.87. The summed E-state index contributed by atoms with van der Waals surface area (Å²) in [4.78, 5) is 16.5. The van der Waals surface area contributed by atoms with Crippen molar-refractivity contribution in [1.29, 1.82) is 0 Å². The Morgan fingerprint density at radius 1 is 1.22 bits per heavy atom. The van der Waals surface area contributed by atoms with Crippen LogP contribution in [0.15, 0.2) is 63.7 Å². The van der Waals surface area contributed by atoms with Gasteiger partial charge in [-0.1, -0.05) is 69.6 Å². The minimum atomic E-state index is -0.0216. The zero-order chi connectivity index (χ0) is 16.2. The van der Waals surface area contributed by atoms with E-state index in [0.717, 1.165) is 25.0 Å². The third-order valence-electron chi connectivity index (χ3n) is 3.06. The van der Waals surface area contributed by atoms with Crippen molar-refractivity contribution in [2.45, 2.75) is 5.75 Å². The number of halogens is 2. The molecule has 0 spiro atoms. The molecule has 0 saturated carbocycles. The maximum Gasteiger partial charge on any atom is 0.244 e. The van der Waals surface area contributed by atoms with Gasteiger partial charge in [0, 0.05) is 15.2 Å². The van der Waals surface area contributed by atoms with Gasteiger partial charge in [0.25, 0.3) is 0 Å². The Bertz CT molecular complexity index is 820. The van der Waals surface area contributed by atoms with Crippen molar-refractivity contribution in [3.8, 4) is 0 Å². The van der Waals surface area contributed by atoms with Crippen molar-refractivity contribution in [3.05, 3.63) is 74.9 Å². The molecule has 1 aliphatic rings. The normalized spacial score (nSPS) is 16.0. The molecule has 0 aromatic heterocycles.